The molecule has 0 aliphatic rings. The van der Waals surface area contributed by atoms with Gasteiger partial charge in [-0.2, -0.15) is 9.97 Å². The van der Waals surface area contributed by atoms with Crippen molar-refractivity contribution in [2.75, 3.05) is 57.0 Å². The molecule has 10 N–H and O–H groups in total. The third-order valence-electron chi connectivity index (χ3n) is 8.32. The van der Waals surface area contributed by atoms with Gasteiger partial charge in [-0.25, -0.2) is 9.97 Å². The fourth-order valence-corrected chi connectivity index (χ4v) is 5.63. The summed E-state index contributed by atoms with van der Waals surface area (Å²) in [6, 6.07) is 7.79. The summed E-state index contributed by atoms with van der Waals surface area (Å²) in [6.45, 7) is 4.78. The Balaban J connectivity index is 1.08. The molecule has 2 aromatic carbocycles. The Labute approximate surface area is 309 Å². The van der Waals surface area contributed by atoms with Crippen molar-refractivity contribution < 1.29 is 28.5 Å². The first kappa shape index (κ1) is 39.7. The molecule has 0 radical (unpaired) electrons. The lowest BCUT2D eigenvalue weighted by Crippen LogP contribution is -2.37. The van der Waals surface area contributed by atoms with Gasteiger partial charge < -0.3 is 52.5 Å². The number of aryl methyl sites for hydroxylation is 2. The Morgan fingerprint density at radius 3 is 1.43 bits per heavy atom. The Kier molecular flexibility index (Phi) is 14.6. The Morgan fingerprint density at radius 2 is 1.06 bits per heavy atom. The van der Waals surface area contributed by atoms with Crippen molar-refractivity contribution >= 4 is 35.3 Å². The van der Waals surface area contributed by atoms with E-state index in [1.54, 1.807) is 26.6 Å². The molecule has 4 aromatic rings. The van der Waals surface area contributed by atoms with E-state index in [0.29, 0.717) is 99.2 Å². The van der Waals surface area contributed by atoms with Crippen LogP contribution in [-0.2, 0) is 22.4 Å². The number of nitrogens with two attached hydrogens (primary N) is 4. The minimum absolute atomic E-state index is 0.0679. The van der Waals surface area contributed by atoms with Gasteiger partial charge in [0, 0.05) is 49.2 Å². The van der Waals surface area contributed by atoms with Crippen LogP contribution in [0.2, 0.25) is 0 Å². The van der Waals surface area contributed by atoms with E-state index in [4.69, 9.17) is 41.9 Å². The largest absolute Gasteiger partial charge is 0.493 e. The predicted molar refractivity (Wildman–Crippen MR) is 203 cm³/mol. The van der Waals surface area contributed by atoms with Crippen molar-refractivity contribution in [2.45, 2.75) is 65.2 Å². The molecular weight excluding hydrogens is 680 g/mol. The average Bonchev–Trinajstić information content (AvgIpc) is 3.11. The molecule has 0 spiro atoms. The Bertz CT molecular complexity index is 1740. The highest BCUT2D eigenvalue weighted by Crippen LogP contribution is 2.35. The van der Waals surface area contributed by atoms with Crippen LogP contribution in [0, 0.1) is 13.8 Å². The molecule has 0 aliphatic heterocycles. The van der Waals surface area contributed by atoms with Crippen molar-refractivity contribution in [3.8, 4) is 23.0 Å². The predicted octanol–water partition coefficient (Wildman–Crippen LogP) is 3.40. The Morgan fingerprint density at radius 1 is 0.642 bits per heavy atom. The molecule has 4 rings (SSSR count). The number of anilines is 4. The number of ether oxygens (including phenoxy) is 4. The van der Waals surface area contributed by atoms with Gasteiger partial charge >= 0.3 is 0 Å². The molecule has 0 aliphatic carbocycles. The number of amides is 2. The molecule has 2 amide bonds. The molecule has 0 saturated heterocycles. The van der Waals surface area contributed by atoms with Gasteiger partial charge in [0.1, 0.15) is 11.6 Å². The van der Waals surface area contributed by atoms with Crippen LogP contribution in [0.1, 0.15) is 71.9 Å². The minimum Gasteiger partial charge on any atom is -0.493 e. The number of carbonyl (C=O) groups excluding carboxylic acids is 2. The van der Waals surface area contributed by atoms with Gasteiger partial charge in [-0.05, 0) is 73.9 Å². The van der Waals surface area contributed by atoms with E-state index >= 15 is 0 Å². The van der Waals surface area contributed by atoms with Gasteiger partial charge in [0.25, 0.3) is 0 Å². The molecule has 0 bridgehead atoms. The number of nitrogens with zero attached hydrogens (tertiary/aromatic N) is 4. The summed E-state index contributed by atoms with van der Waals surface area (Å²) >= 11 is 0. The topological polar surface area (TPSA) is 251 Å². The number of hydrogen-bond acceptors (Lipinski definition) is 14. The molecule has 53 heavy (non-hydrogen) atoms. The zero-order chi connectivity index (χ0) is 38.3. The molecule has 0 fully saturated rings. The molecule has 0 saturated carbocycles. The molecule has 2 aromatic heterocycles. The van der Waals surface area contributed by atoms with E-state index in [1.807, 2.05) is 38.1 Å². The van der Waals surface area contributed by atoms with Crippen molar-refractivity contribution in [1.82, 2.24) is 30.6 Å². The molecule has 16 heteroatoms. The summed E-state index contributed by atoms with van der Waals surface area (Å²) in [4.78, 5) is 40.7. The average molecular weight is 731 g/mol. The van der Waals surface area contributed by atoms with Crippen LogP contribution in [0.5, 0.6) is 23.0 Å². The maximum Gasteiger partial charge on any atom is 0.221 e. The summed E-state index contributed by atoms with van der Waals surface area (Å²) < 4.78 is 23.2. The van der Waals surface area contributed by atoms with Crippen molar-refractivity contribution in [3.63, 3.8) is 0 Å². The fraction of sp³-hybridized carbons (Fsp3) is 0.405. The summed E-state index contributed by atoms with van der Waals surface area (Å²) in [7, 11) is 3.17. The lowest BCUT2D eigenvalue weighted by Gasteiger charge is -2.16. The molecule has 2 heterocycles. The second-order valence-corrected chi connectivity index (χ2v) is 12.5. The van der Waals surface area contributed by atoms with E-state index in [1.165, 1.54) is 0 Å². The van der Waals surface area contributed by atoms with Crippen LogP contribution in [0.15, 0.2) is 36.7 Å². The van der Waals surface area contributed by atoms with E-state index in [2.05, 4.69) is 30.6 Å². The summed E-state index contributed by atoms with van der Waals surface area (Å²) in [5.41, 5.74) is 28.5. The maximum atomic E-state index is 12.3. The van der Waals surface area contributed by atoms with E-state index in [9.17, 15) is 9.59 Å². The molecule has 0 unspecified atom stereocenters. The first-order chi connectivity index (χ1) is 25.5. The number of aromatic nitrogens is 4. The van der Waals surface area contributed by atoms with E-state index in [0.717, 1.165) is 33.4 Å². The van der Waals surface area contributed by atoms with Gasteiger partial charge in [-0.1, -0.05) is 12.1 Å². The second-order valence-electron chi connectivity index (χ2n) is 12.5. The SMILES string of the molecule is COc1cc(Cc2cnc(N)nc2N)cc(C)c1OCCCCC(=O)NCNC(=O)CCCCOc1c(C)cc(Cc2cnc(N)nc2N)cc1OC. The minimum atomic E-state index is -0.150. The number of methoxy groups -OCH3 is 2. The zero-order valence-corrected chi connectivity index (χ0v) is 30.8. The quantitative estimate of drug-likeness (QED) is 0.0563. The number of nitrogens with one attached hydrogen (secondary N) is 2. The van der Waals surface area contributed by atoms with Crippen molar-refractivity contribution in [2.24, 2.45) is 0 Å². The monoisotopic (exact) mass is 730 g/mol. The van der Waals surface area contributed by atoms with E-state index in [-0.39, 0.29) is 30.4 Å². The molecular formula is C37H50N10O6. The maximum absolute atomic E-state index is 12.3. The number of nitrogen functional groups attached to an aromatic ring is 4. The highest BCUT2D eigenvalue weighted by atomic mass is 16.5. The third kappa shape index (κ3) is 12.0. The molecule has 0 atom stereocenters. The zero-order valence-electron chi connectivity index (χ0n) is 30.8. The first-order valence-corrected chi connectivity index (χ1v) is 17.3. The smallest absolute Gasteiger partial charge is 0.221 e. The summed E-state index contributed by atoms with van der Waals surface area (Å²) in [5.74, 6) is 3.14. The fourth-order valence-electron chi connectivity index (χ4n) is 5.63. The second kappa shape index (κ2) is 19.5. The van der Waals surface area contributed by atoms with Crippen LogP contribution in [-0.4, -0.2) is 65.9 Å². The van der Waals surface area contributed by atoms with Crippen molar-refractivity contribution in [1.29, 1.82) is 0 Å². The number of unbranched alkanes of at least 4 members (excludes halogenated alkanes) is 2. The van der Waals surface area contributed by atoms with Crippen LogP contribution in [0.4, 0.5) is 23.5 Å². The van der Waals surface area contributed by atoms with Crippen molar-refractivity contribution in [3.05, 3.63) is 70.0 Å². The van der Waals surface area contributed by atoms with E-state index < -0.39 is 0 Å². The van der Waals surface area contributed by atoms with Crippen LogP contribution in [0.25, 0.3) is 0 Å². The van der Waals surface area contributed by atoms with Gasteiger partial charge in [-0.15, -0.1) is 0 Å². The third-order valence-corrected chi connectivity index (χ3v) is 8.32. The van der Waals surface area contributed by atoms with Gasteiger partial charge in [0.2, 0.25) is 23.7 Å². The lowest BCUT2D eigenvalue weighted by molar-refractivity contribution is -0.123. The van der Waals surface area contributed by atoms with Crippen LogP contribution in [0.3, 0.4) is 0 Å². The summed E-state index contributed by atoms with van der Waals surface area (Å²) in [6.07, 6.45) is 7.45. The number of rotatable bonds is 20. The Hall–Kier alpha value is -6.06. The van der Waals surface area contributed by atoms with Gasteiger partial charge in [0.15, 0.2) is 23.0 Å². The number of hydrogen-bond donors (Lipinski definition) is 6. The summed E-state index contributed by atoms with van der Waals surface area (Å²) in [5, 5.41) is 5.47. The van der Waals surface area contributed by atoms with Crippen LogP contribution >= 0.6 is 0 Å². The lowest BCUT2D eigenvalue weighted by atomic mass is 10.0. The van der Waals surface area contributed by atoms with Crippen LogP contribution < -0.4 is 52.5 Å². The highest BCUT2D eigenvalue weighted by Gasteiger charge is 2.15. The first-order valence-electron chi connectivity index (χ1n) is 17.3. The normalized spacial score (nSPS) is 10.8. The highest BCUT2D eigenvalue weighted by molar-refractivity contribution is 5.78. The standard InChI is InChI=1S/C37H50N10O6/c1-22-13-24(15-26-19-42-36(40)46-34(26)38)17-28(50-3)32(22)52-11-7-5-9-30(48)44-21-45-31(49)10-6-8-12-53-33-23(2)14-25(18-29(33)51-4)16-27-20-43-37(41)47-35(27)39/h13-14,17-20H,5-12,15-16,21H2,1-4H3,(H,44,48)(H,45,49)(H4,38,40,42,46)(H4,39,41,43,47). The van der Waals surface area contributed by atoms with Gasteiger partial charge in [0.05, 0.1) is 34.1 Å². The number of carbonyl (C=O) groups is 2. The molecule has 16 nitrogen and oxygen atoms in total. The van der Waals surface area contributed by atoms with Gasteiger partial charge in [-0.3, -0.25) is 9.59 Å². The number of benzene rings is 2. The molecule has 284 valence electrons.